The van der Waals surface area contributed by atoms with E-state index < -0.39 is 137 Å². The number of nitrogens with zero attached hydrogens (tertiary/aromatic N) is 1. The van der Waals surface area contributed by atoms with Crippen molar-refractivity contribution in [1.29, 1.82) is 10.8 Å². The van der Waals surface area contributed by atoms with Crippen LogP contribution in [0.25, 0.3) is 0 Å². The third-order valence-electron chi connectivity index (χ3n) is 15.3. The predicted molar refractivity (Wildman–Crippen MR) is 356 cm³/mol. The van der Waals surface area contributed by atoms with Gasteiger partial charge in [0, 0.05) is 38.5 Å². The Morgan fingerprint density at radius 1 is 0.426 bits per heavy atom. The van der Waals surface area contributed by atoms with E-state index in [1.807, 2.05) is 0 Å². The number of nitrogens with two attached hydrogens (primary N) is 6. The Kier molecular flexibility index (Phi) is 35.4. The monoisotopic (exact) mass is 1310 g/mol. The van der Waals surface area contributed by atoms with Crippen molar-refractivity contribution in [1.82, 2.24) is 68.5 Å². The first kappa shape index (κ1) is 79.0. The summed E-state index contributed by atoms with van der Waals surface area (Å²) in [6.07, 6.45) is 5.66. The van der Waals surface area contributed by atoms with E-state index in [1.165, 1.54) is 12.5 Å². The van der Waals surface area contributed by atoms with Gasteiger partial charge in [-0.25, -0.2) is 4.98 Å². The summed E-state index contributed by atoms with van der Waals surface area (Å²) in [5.74, 6) is -9.93. The highest BCUT2D eigenvalue weighted by Crippen LogP contribution is 2.14. The van der Waals surface area contributed by atoms with E-state index in [9.17, 15) is 47.9 Å². The maximum absolute atomic E-state index is 14.8. The number of unbranched alkanes of at least 4 members (excludes halogenated alkanes) is 2. The Bertz CT molecular complexity index is 2900. The zero-order valence-corrected chi connectivity index (χ0v) is 54.9. The summed E-state index contributed by atoms with van der Waals surface area (Å²) in [4.78, 5) is 148. The summed E-state index contributed by atoms with van der Waals surface area (Å²) < 4.78 is 0. The number of benzene rings is 2. The van der Waals surface area contributed by atoms with Crippen LogP contribution < -0.4 is 92.9 Å². The van der Waals surface area contributed by atoms with Crippen LogP contribution in [-0.2, 0) is 67.2 Å². The second kappa shape index (κ2) is 42.1. The number of rotatable bonds is 44. The number of imidazole rings is 1. The van der Waals surface area contributed by atoms with Gasteiger partial charge in [0.05, 0.1) is 18.1 Å². The number of aromatic amines is 1. The molecule has 0 saturated heterocycles. The summed E-state index contributed by atoms with van der Waals surface area (Å²) >= 11 is 0. The first-order valence-corrected chi connectivity index (χ1v) is 32.1. The van der Waals surface area contributed by atoms with E-state index in [0.717, 1.165) is 0 Å². The standard InChI is InChI=1S/C63H103N21O10/c1-36(2)49(59(92)78-44(25-14-16-28-65)54(87)79-46(31-39-19-9-7-10-20-39)56(89)76-43(52(67)85)24-13-15-27-64)83-58(91)48(33-41-34-72-35-75-41)80-57(90)47(32-40-21-11-8-12-22-40)81-60(93)50(37(3)4)84-61(94)51(38(5)6)82-55(88)45(26-18-30-74-63(70)71)77-53(86)42(66)23-17-29-73-62(68)69/h7-12,19-22,34-38,42-51H,13-18,23-33,64-66H2,1-6H3,(H2,67,85)(H,72,75)(H,76,89)(H,77,86)(H,78,92)(H,79,87)(H,80,90)(H,81,93)(H,82,88)(H,83,91)(H,84,94)(H4,68,69,73)(H4,70,71,74)/t42-,43-,44-,45-,46-,47-,48-,49-,50-,51-/m0/s1. The van der Waals surface area contributed by atoms with Gasteiger partial charge in [0.1, 0.15) is 54.4 Å². The zero-order valence-electron chi connectivity index (χ0n) is 54.9. The van der Waals surface area contributed by atoms with Gasteiger partial charge in [-0.1, -0.05) is 102 Å². The summed E-state index contributed by atoms with van der Waals surface area (Å²) in [6.45, 7) is 11.1. The van der Waals surface area contributed by atoms with E-state index >= 15 is 0 Å². The average molecular weight is 1310 g/mol. The number of hydrogen-bond acceptors (Lipinski definition) is 16. The van der Waals surface area contributed by atoms with Gasteiger partial charge in [0.25, 0.3) is 0 Å². The molecular weight excluding hydrogens is 1210 g/mol. The molecule has 0 radical (unpaired) electrons. The molecule has 0 aliphatic heterocycles. The van der Waals surface area contributed by atoms with Crippen LogP contribution in [0.5, 0.6) is 0 Å². The summed E-state index contributed by atoms with van der Waals surface area (Å²) in [7, 11) is 0. The smallest absolute Gasteiger partial charge is 0.243 e. The lowest BCUT2D eigenvalue weighted by molar-refractivity contribution is -0.137. The maximum atomic E-state index is 14.8. The van der Waals surface area contributed by atoms with Gasteiger partial charge in [0.15, 0.2) is 11.9 Å². The fraction of sp³-hybridized carbons (Fsp3) is 0.571. The molecule has 26 N–H and O–H groups in total. The molecule has 0 aliphatic rings. The van der Waals surface area contributed by atoms with E-state index in [4.69, 9.17) is 45.2 Å². The van der Waals surface area contributed by atoms with E-state index in [0.29, 0.717) is 55.5 Å². The minimum Gasteiger partial charge on any atom is -0.370 e. The van der Waals surface area contributed by atoms with Crippen LogP contribution in [-0.4, -0.2) is 168 Å². The molecule has 1 aromatic heterocycles. The Balaban J connectivity index is 1.93. The highest BCUT2D eigenvalue weighted by molar-refractivity contribution is 5.99. The van der Waals surface area contributed by atoms with Gasteiger partial charge >= 0.3 is 0 Å². The van der Waals surface area contributed by atoms with Gasteiger partial charge in [-0.15, -0.1) is 0 Å². The maximum Gasteiger partial charge on any atom is 0.243 e. The number of primary amides is 1. The second-order valence-corrected chi connectivity index (χ2v) is 24.2. The Morgan fingerprint density at radius 2 is 0.766 bits per heavy atom. The largest absolute Gasteiger partial charge is 0.370 e. The molecule has 1 heterocycles. The SMILES string of the molecule is CC(C)[C@H](NC(=O)[C@H](Cc1c[nH]cn1)NC(=O)[C@H](Cc1ccccc1)NC(=O)[C@@H](NC(=O)[C@@H](NC(=O)[C@H](CCCNC(=N)N)NC(=O)[C@@H](N)CCCNC(=N)N)C(C)C)C(C)C)C(=O)N[C@@H](CCCCN)C(=O)N[C@@H](Cc1ccccc1)C(=O)N[C@@H](CCCCN)C(N)=O. The molecule has 10 atom stereocenters. The van der Waals surface area contributed by atoms with Crippen LogP contribution in [0, 0.1) is 28.6 Å². The van der Waals surface area contributed by atoms with Gasteiger partial charge in [-0.3, -0.25) is 58.8 Å². The Morgan fingerprint density at radius 3 is 1.18 bits per heavy atom. The number of guanidine groups is 2. The number of nitrogens with one attached hydrogen (secondary N) is 14. The molecule has 0 aliphatic carbocycles. The van der Waals surface area contributed by atoms with Gasteiger partial charge in [-0.2, -0.15) is 0 Å². The molecule has 10 amide bonds. The minimum absolute atomic E-state index is 0.00715. The summed E-state index contributed by atoms with van der Waals surface area (Å²) in [5, 5.41) is 44.8. The first-order valence-electron chi connectivity index (χ1n) is 32.1. The molecule has 0 spiro atoms. The first-order chi connectivity index (χ1) is 44.6. The molecule has 31 nitrogen and oxygen atoms in total. The fourth-order valence-electron chi connectivity index (χ4n) is 9.93. The molecule has 3 aromatic rings. The third-order valence-corrected chi connectivity index (χ3v) is 15.3. The van der Waals surface area contributed by atoms with E-state index in [1.54, 1.807) is 102 Å². The average Bonchev–Trinajstić information content (AvgIpc) is 1.29. The lowest BCUT2D eigenvalue weighted by Gasteiger charge is -2.30. The van der Waals surface area contributed by atoms with Crippen LogP contribution in [0.1, 0.15) is 123 Å². The number of amides is 10. The molecule has 0 unspecified atom stereocenters. The van der Waals surface area contributed by atoms with Crippen molar-refractivity contribution in [3.8, 4) is 0 Å². The fourth-order valence-corrected chi connectivity index (χ4v) is 9.93. The third kappa shape index (κ3) is 29.2. The predicted octanol–water partition coefficient (Wildman–Crippen LogP) is -2.63. The molecule has 520 valence electrons. The van der Waals surface area contributed by atoms with Crippen molar-refractivity contribution in [2.45, 2.75) is 185 Å². The van der Waals surface area contributed by atoms with Crippen molar-refractivity contribution in [3.05, 3.63) is 90.0 Å². The topological polar surface area (TPSA) is 536 Å². The molecular formula is C63H103N21O10. The molecule has 0 saturated carbocycles. The lowest BCUT2D eigenvalue weighted by atomic mass is 9.98. The van der Waals surface area contributed by atoms with Crippen LogP contribution >= 0.6 is 0 Å². The molecule has 0 fully saturated rings. The molecule has 0 bridgehead atoms. The Labute approximate surface area is 550 Å². The highest BCUT2D eigenvalue weighted by atomic mass is 16.2. The van der Waals surface area contributed by atoms with Gasteiger partial charge in [0.2, 0.25) is 59.1 Å². The van der Waals surface area contributed by atoms with Crippen LogP contribution in [0.15, 0.2) is 73.2 Å². The van der Waals surface area contributed by atoms with Crippen molar-refractivity contribution >= 4 is 71.0 Å². The minimum atomic E-state index is -1.44. The highest BCUT2D eigenvalue weighted by Gasteiger charge is 2.38. The number of hydrogen-bond donors (Lipinski definition) is 20. The van der Waals surface area contributed by atoms with Crippen LogP contribution in [0.2, 0.25) is 0 Å². The lowest BCUT2D eigenvalue weighted by Crippen LogP contribution is -2.62. The molecule has 2 aromatic carbocycles. The molecule has 94 heavy (non-hydrogen) atoms. The second-order valence-electron chi connectivity index (χ2n) is 24.2. The van der Waals surface area contributed by atoms with Crippen LogP contribution in [0.4, 0.5) is 0 Å². The van der Waals surface area contributed by atoms with Crippen molar-refractivity contribution in [2.75, 3.05) is 26.2 Å². The normalized spacial score (nSPS) is 14.4. The molecule has 31 heteroatoms. The number of H-pyrrole nitrogens is 1. The van der Waals surface area contributed by atoms with Crippen molar-refractivity contribution in [3.63, 3.8) is 0 Å². The zero-order chi connectivity index (χ0) is 69.9. The van der Waals surface area contributed by atoms with E-state index in [2.05, 4.69) is 68.5 Å². The summed E-state index contributed by atoms with van der Waals surface area (Å²) in [5.41, 5.74) is 35.8. The van der Waals surface area contributed by atoms with Crippen molar-refractivity contribution < 1.29 is 47.9 Å². The van der Waals surface area contributed by atoms with Gasteiger partial charge < -0.3 is 97.9 Å². The van der Waals surface area contributed by atoms with Crippen LogP contribution in [0.3, 0.4) is 0 Å². The number of aromatic nitrogens is 2. The number of carbonyl (C=O) groups excluding carboxylic acids is 10. The summed E-state index contributed by atoms with van der Waals surface area (Å²) in [6, 6.07) is 5.00. The quantitative estimate of drug-likeness (QED) is 0.0156. The van der Waals surface area contributed by atoms with E-state index in [-0.39, 0.29) is 82.9 Å². The molecule has 3 rings (SSSR count). The Hall–Kier alpha value is -9.23. The van der Waals surface area contributed by atoms with Gasteiger partial charge in [-0.05, 0) is 106 Å². The number of carbonyl (C=O) groups is 10. The van der Waals surface area contributed by atoms with Crippen molar-refractivity contribution in [2.24, 2.45) is 52.2 Å².